The molecule has 4 aromatic heterocycles. The van der Waals surface area contributed by atoms with Crippen molar-refractivity contribution < 1.29 is 36.7 Å². The molecule has 8 heterocycles. The van der Waals surface area contributed by atoms with Gasteiger partial charge >= 0.3 is 6.09 Å². The number of benzene rings is 2. The number of hydrogen-bond donors (Lipinski definition) is 2. The monoisotopic (exact) mass is 1200 g/mol. The molecule has 3 saturated heterocycles. The first kappa shape index (κ1) is 61.8. The molecule has 20 nitrogen and oxygen atoms in total. The third kappa shape index (κ3) is 13.5. The Morgan fingerprint density at radius 1 is 0.837 bits per heavy atom. The van der Waals surface area contributed by atoms with E-state index in [-0.39, 0.29) is 64.5 Å². The average molecular weight is 1200 g/mol. The molecule has 2 N–H and O–H groups in total. The largest absolute Gasteiger partial charge is 0.492 e. The molecule has 2 aromatic carbocycles. The second-order valence-electron chi connectivity index (χ2n) is 26.6. The second kappa shape index (κ2) is 24.5. The molecule has 22 heteroatoms. The summed E-state index contributed by atoms with van der Waals surface area (Å²) < 4.78 is 53.1. The number of amides is 3. The highest BCUT2D eigenvalue weighted by molar-refractivity contribution is 7.92. The molecule has 460 valence electrons. The molecule has 4 aliphatic rings. The van der Waals surface area contributed by atoms with E-state index >= 15 is 0 Å². The van der Waals surface area contributed by atoms with E-state index in [2.05, 4.69) is 61.0 Å². The Morgan fingerprint density at radius 2 is 1.58 bits per heavy atom. The van der Waals surface area contributed by atoms with Crippen molar-refractivity contribution in [2.75, 3.05) is 87.2 Å². The van der Waals surface area contributed by atoms with Gasteiger partial charge in [-0.3, -0.25) is 29.5 Å². The number of aromatic amines is 1. The van der Waals surface area contributed by atoms with E-state index < -0.39 is 20.2 Å². The average Bonchev–Trinajstić information content (AvgIpc) is 1.57. The van der Waals surface area contributed by atoms with Crippen LogP contribution in [-0.2, 0) is 31.2 Å². The van der Waals surface area contributed by atoms with Gasteiger partial charge in [0.15, 0.2) is 9.84 Å². The Balaban J connectivity index is 0.743. The summed E-state index contributed by atoms with van der Waals surface area (Å²) in [5, 5.41) is 11.1. The molecule has 4 aliphatic heterocycles. The molecule has 10 rings (SSSR count). The van der Waals surface area contributed by atoms with Crippen LogP contribution in [0.1, 0.15) is 127 Å². The number of ether oxygens (including phenoxy) is 2. The van der Waals surface area contributed by atoms with E-state index in [1.165, 1.54) is 18.5 Å². The Labute approximate surface area is 505 Å². The smallest absolute Gasteiger partial charge is 0.410 e. The maximum Gasteiger partial charge on any atom is 0.410 e. The third-order valence-electron chi connectivity index (χ3n) is 17.5. The number of nitrogens with one attached hydrogen (secondary N) is 2. The van der Waals surface area contributed by atoms with Crippen LogP contribution in [-0.4, -0.2) is 177 Å². The van der Waals surface area contributed by atoms with Crippen molar-refractivity contribution in [3.8, 4) is 5.75 Å². The number of aromatic nitrogens is 6. The van der Waals surface area contributed by atoms with Crippen molar-refractivity contribution in [3.63, 3.8) is 0 Å². The van der Waals surface area contributed by atoms with Crippen molar-refractivity contribution in [2.45, 2.75) is 148 Å². The van der Waals surface area contributed by atoms with Crippen LogP contribution in [0.3, 0.4) is 0 Å². The van der Waals surface area contributed by atoms with Gasteiger partial charge in [-0.1, -0.05) is 26.0 Å². The number of rotatable bonds is 15. The fraction of sp³-hybridized carbons (Fsp3) is 0.531. The number of halogens is 1. The van der Waals surface area contributed by atoms with Gasteiger partial charge < -0.3 is 34.4 Å². The van der Waals surface area contributed by atoms with Crippen LogP contribution in [0, 0.1) is 25.6 Å². The Kier molecular flexibility index (Phi) is 17.6. The standard InChI is InChI=1S/C64H84FN13O7S/c1-40-33-75(25-24-74(40)35-49-36-77(61(81)85-62(5,6)7)41(2)34-76(49)37-56(79)78-38-64(11,12)57-52(78)28-46(31-67-57)27-45-13-16-48(65)17-14-45)60(80)47-15-18-55(66-32-47)73-22-19-44(20-23-73)21-26-84-53-30-51-50(29-54(53)86(82,83)63(8,9)10)59(69-39-68-51)70-58-42(3)43(4)71-72-58/h13-18,28-32,39-41,44,49H,19-27,33-38H2,1-12H3,(H2,68,69,70,71,72). The number of piperidine rings is 1. The molecule has 6 aromatic rings. The first-order chi connectivity index (χ1) is 40.6. The van der Waals surface area contributed by atoms with E-state index in [9.17, 15) is 27.2 Å². The predicted molar refractivity (Wildman–Crippen MR) is 331 cm³/mol. The van der Waals surface area contributed by atoms with Gasteiger partial charge in [-0.15, -0.1) is 0 Å². The van der Waals surface area contributed by atoms with E-state index in [1.54, 1.807) is 56.1 Å². The number of fused-ring (bicyclic) bond motifs is 2. The lowest BCUT2D eigenvalue weighted by atomic mass is 9.91. The minimum Gasteiger partial charge on any atom is -0.492 e. The molecule has 0 radical (unpaired) electrons. The molecule has 3 unspecified atom stereocenters. The van der Waals surface area contributed by atoms with Crippen molar-refractivity contribution >= 4 is 61.8 Å². The molecule has 0 aliphatic carbocycles. The highest BCUT2D eigenvalue weighted by atomic mass is 32.2. The fourth-order valence-electron chi connectivity index (χ4n) is 12.2. The fourth-order valence-corrected chi connectivity index (χ4v) is 13.5. The molecule has 0 bridgehead atoms. The van der Waals surface area contributed by atoms with Gasteiger partial charge in [-0.2, -0.15) is 5.10 Å². The van der Waals surface area contributed by atoms with Crippen LogP contribution >= 0.6 is 0 Å². The lowest BCUT2D eigenvalue weighted by Gasteiger charge is -2.48. The summed E-state index contributed by atoms with van der Waals surface area (Å²) in [6.45, 7) is 28.3. The Bertz CT molecular complexity index is 3580. The zero-order valence-electron chi connectivity index (χ0n) is 51.9. The van der Waals surface area contributed by atoms with Gasteiger partial charge in [0, 0.05) is 112 Å². The normalized spacial score (nSPS) is 19.9. The minimum atomic E-state index is -3.84. The van der Waals surface area contributed by atoms with Crippen LogP contribution in [0.5, 0.6) is 5.75 Å². The maximum absolute atomic E-state index is 14.7. The van der Waals surface area contributed by atoms with Crippen LogP contribution in [0.2, 0.25) is 0 Å². The number of nitrogens with zero attached hydrogens (tertiary/aromatic N) is 11. The lowest BCUT2D eigenvalue weighted by Crippen LogP contribution is -2.65. The molecule has 3 amide bonds. The third-order valence-corrected chi connectivity index (χ3v) is 20.0. The first-order valence-electron chi connectivity index (χ1n) is 30.1. The summed E-state index contributed by atoms with van der Waals surface area (Å²) in [6, 6.07) is 15.1. The van der Waals surface area contributed by atoms with Crippen LogP contribution < -0.4 is 19.9 Å². The molecule has 0 saturated carbocycles. The zero-order valence-corrected chi connectivity index (χ0v) is 52.7. The Hall–Kier alpha value is -7.30. The quantitative estimate of drug-likeness (QED) is 0.0980. The topological polar surface area (TPSA) is 216 Å². The first-order valence-corrected chi connectivity index (χ1v) is 31.6. The summed E-state index contributed by atoms with van der Waals surface area (Å²) in [4.78, 5) is 73.6. The van der Waals surface area contributed by atoms with Crippen molar-refractivity contribution in [1.82, 2.24) is 49.7 Å². The summed E-state index contributed by atoms with van der Waals surface area (Å²) >= 11 is 0. The van der Waals surface area contributed by atoms with Gasteiger partial charge in [-0.25, -0.2) is 32.6 Å². The lowest BCUT2D eigenvalue weighted by molar-refractivity contribution is -0.121. The number of pyridine rings is 2. The van der Waals surface area contributed by atoms with Crippen molar-refractivity contribution in [3.05, 3.63) is 113 Å². The molecular formula is C64H84FN13O7S. The van der Waals surface area contributed by atoms with Crippen LogP contribution in [0.15, 0.2) is 78.2 Å². The van der Waals surface area contributed by atoms with Crippen molar-refractivity contribution in [1.29, 1.82) is 0 Å². The van der Waals surface area contributed by atoms with Gasteiger partial charge in [0.1, 0.15) is 45.8 Å². The summed E-state index contributed by atoms with van der Waals surface area (Å²) in [7, 11) is -3.84. The van der Waals surface area contributed by atoms with Gasteiger partial charge in [-0.05, 0) is 148 Å². The predicted octanol–water partition coefficient (Wildman–Crippen LogP) is 9.27. The van der Waals surface area contributed by atoms with Crippen molar-refractivity contribution in [2.24, 2.45) is 5.92 Å². The number of carbonyl (C=O) groups excluding carboxylic acids is 3. The SMILES string of the molecule is Cc1n[nH]c(Nc2ncnc3cc(OCCC4CCN(c5ccc(C(=O)N6CCN(CC7CN(C(=O)OC(C)(C)C)C(C)CN7CC(=O)N7CC(C)(C)c8ncc(Cc9ccc(F)cc9)cc87)C(C)C6)cn5)CC4)c(S(=O)(=O)C(C)(C)C)cc23)c1C. The molecule has 3 fully saturated rings. The van der Waals surface area contributed by atoms with Gasteiger partial charge in [0.25, 0.3) is 5.91 Å². The number of piperazine rings is 2. The minimum absolute atomic E-state index is 0.0193. The van der Waals surface area contributed by atoms with E-state index in [4.69, 9.17) is 19.4 Å². The molecule has 3 atom stereocenters. The highest BCUT2D eigenvalue weighted by Gasteiger charge is 2.44. The van der Waals surface area contributed by atoms with Gasteiger partial charge in [0.05, 0.1) is 46.1 Å². The number of sulfone groups is 1. The summed E-state index contributed by atoms with van der Waals surface area (Å²) in [5.41, 5.74) is 5.32. The van der Waals surface area contributed by atoms with Crippen LogP contribution in [0.4, 0.5) is 32.3 Å². The maximum atomic E-state index is 14.7. The molecule has 86 heavy (non-hydrogen) atoms. The number of carbonyl (C=O) groups is 3. The van der Waals surface area contributed by atoms with E-state index in [0.717, 1.165) is 71.9 Å². The Morgan fingerprint density at radius 3 is 2.24 bits per heavy atom. The van der Waals surface area contributed by atoms with Gasteiger partial charge in [0.2, 0.25) is 5.91 Å². The van der Waals surface area contributed by atoms with E-state index in [1.807, 2.05) is 75.7 Å². The number of aryl methyl sites for hydroxylation is 1. The zero-order chi connectivity index (χ0) is 61.6. The summed E-state index contributed by atoms with van der Waals surface area (Å²) in [5.74, 6) is 2.12. The molecule has 0 spiro atoms. The molecular weight excluding hydrogens is 1110 g/mol. The summed E-state index contributed by atoms with van der Waals surface area (Å²) in [6.07, 6.45) is 7.67. The highest BCUT2D eigenvalue weighted by Crippen LogP contribution is 2.41. The second-order valence-corrected chi connectivity index (χ2v) is 29.3. The number of hydrogen-bond acceptors (Lipinski definition) is 16. The van der Waals surface area contributed by atoms with Crippen LogP contribution in [0.25, 0.3) is 10.9 Å². The number of anilines is 4. The van der Waals surface area contributed by atoms with E-state index in [0.29, 0.717) is 92.9 Å². The number of H-pyrrole nitrogens is 1.